The van der Waals surface area contributed by atoms with Crippen molar-refractivity contribution in [1.29, 1.82) is 0 Å². The van der Waals surface area contributed by atoms with Crippen LogP contribution in [0.25, 0.3) is 21.7 Å². The fourth-order valence-electron chi connectivity index (χ4n) is 3.19. The Labute approximate surface area is 163 Å². The highest BCUT2D eigenvalue weighted by molar-refractivity contribution is 7.99. The molecule has 0 aliphatic heterocycles. The summed E-state index contributed by atoms with van der Waals surface area (Å²) in [6, 6.07) is 11.8. The number of fused-ring (bicyclic) bond motifs is 2. The first-order valence-electron chi connectivity index (χ1n) is 9.35. The van der Waals surface area contributed by atoms with Gasteiger partial charge in [-0.3, -0.25) is 14.2 Å². The molecule has 1 amide bonds. The molecule has 0 atom stereocenters. The van der Waals surface area contributed by atoms with Crippen LogP contribution in [-0.4, -0.2) is 39.2 Å². The second-order valence-corrected chi connectivity index (χ2v) is 7.59. The number of carbonyl (C=O) groups excluding carboxylic acids is 1. The van der Waals surface area contributed by atoms with E-state index in [2.05, 4.69) is 18.8 Å². The fraction of sp³-hybridized carbons (Fsp3) is 0.381. The number of benzene rings is 2. The van der Waals surface area contributed by atoms with Crippen LogP contribution >= 0.6 is 11.8 Å². The number of hydrogen-bond donors (Lipinski definition) is 0. The standard InChI is InChI=1S/C21H25N3O2S/c1-4-10-24(11-5-2)19(25)14-27-21-22-18-13-16-9-7-6-8-15(16)12-17(18)20(26)23(21)3/h6-9,12-13H,4-5,10-11,14H2,1-3H3. The molecule has 0 aliphatic rings. The van der Waals surface area contributed by atoms with Crippen molar-refractivity contribution in [3.8, 4) is 0 Å². The van der Waals surface area contributed by atoms with Crippen LogP contribution in [0.1, 0.15) is 26.7 Å². The molecule has 0 bridgehead atoms. The average Bonchev–Trinajstić information content (AvgIpc) is 2.68. The minimum absolute atomic E-state index is 0.0836. The number of aromatic nitrogens is 2. The third-order valence-electron chi connectivity index (χ3n) is 4.57. The van der Waals surface area contributed by atoms with E-state index in [4.69, 9.17) is 0 Å². The maximum Gasteiger partial charge on any atom is 0.261 e. The van der Waals surface area contributed by atoms with E-state index in [1.807, 2.05) is 41.3 Å². The third kappa shape index (κ3) is 4.16. The van der Waals surface area contributed by atoms with E-state index in [-0.39, 0.29) is 11.5 Å². The van der Waals surface area contributed by atoms with Crippen molar-refractivity contribution < 1.29 is 4.79 Å². The van der Waals surface area contributed by atoms with E-state index >= 15 is 0 Å². The monoisotopic (exact) mass is 383 g/mol. The zero-order valence-corrected chi connectivity index (χ0v) is 16.9. The van der Waals surface area contributed by atoms with Crippen molar-refractivity contribution >= 4 is 39.3 Å². The number of rotatable bonds is 7. The SMILES string of the molecule is CCCN(CCC)C(=O)CSc1nc2cc3ccccc3cc2c(=O)n1C. The highest BCUT2D eigenvalue weighted by Crippen LogP contribution is 2.22. The largest absolute Gasteiger partial charge is 0.342 e. The van der Waals surface area contributed by atoms with Crippen molar-refractivity contribution in [2.24, 2.45) is 7.05 Å². The molecule has 0 saturated carbocycles. The van der Waals surface area contributed by atoms with Crippen molar-refractivity contribution in [2.75, 3.05) is 18.8 Å². The Morgan fingerprint density at radius 1 is 1.11 bits per heavy atom. The van der Waals surface area contributed by atoms with Crippen LogP contribution < -0.4 is 5.56 Å². The van der Waals surface area contributed by atoms with Crippen molar-refractivity contribution in [3.63, 3.8) is 0 Å². The van der Waals surface area contributed by atoms with Gasteiger partial charge in [-0.2, -0.15) is 0 Å². The Kier molecular flexibility index (Phi) is 6.16. The Morgan fingerprint density at radius 3 is 2.37 bits per heavy atom. The summed E-state index contributed by atoms with van der Waals surface area (Å²) in [7, 11) is 1.71. The predicted octanol–water partition coefficient (Wildman–Crippen LogP) is 3.83. The fourth-order valence-corrected chi connectivity index (χ4v) is 4.06. The molecular weight excluding hydrogens is 358 g/mol. The van der Waals surface area contributed by atoms with Gasteiger partial charge in [-0.15, -0.1) is 0 Å². The van der Waals surface area contributed by atoms with Gasteiger partial charge in [0, 0.05) is 20.1 Å². The minimum atomic E-state index is -0.0836. The lowest BCUT2D eigenvalue weighted by Crippen LogP contribution is -2.34. The summed E-state index contributed by atoms with van der Waals surface area (Å²) in [5.41, 5.74) is 0.588. The molecule has 5 nitrogen and oxygen atoms in total. The van der Waals surface area contributed by atoms with Crippen LogP contribution in [0.4, 0.5) is 0 Å². The van der Waals surface area contributed by atoms with Gasteiger partial charge < -0.3 is 4.90 Å². The van der Waals surface area contributed by atoms with Crippen molar-refractivity contribution in [3.05, 3.63) is 46.8 Å². The molecule has 1 heterocycles. The maximum absolute atomic E-state index is 12.8. The topological polar surface area (TPSA) is 55.2 Å². The number of amides is 1. The molecule has 0 saturated heterocycles. The molecule has 1 aromatic heterocycles. The summed E-state index contributed by atoms with van der Waals surface area (Å²) < 4.78 is 1.54. The zero-order chi connectivity index (χ0) is 19.4. The van der Waals surface area contributed by atoms with Gasteiger partial charge >= 0.3 is 0 Å². The van der Waals surface area contributed by atoms with Crippen LogP contribution in [0.5, 0.6) is 0 Å². The molecule has 2 aromatic carbocycles. The second kappa shape index (κ2) is 8.57. The van der Waals surface area contributed by atoms with Crippen LogP contribution in [0.2, 0.25) is 0 Å². The molecule has 27 heavy (non-hydrogen) atoms. The summed E-state index contributed by atoms with van der Waals surface area (Å²) in [4.78, 5) is 31.9. The van der Waals surface area contributed by atoms with Crippen LogP contribution in [0, 0.1) is 0 Å². The Morgan fingerprint density at radius 2 is 1.74 bits per heavy atom. The van der Waals surface area contributed by atoms with Gasteiger partial charge in [0.05, 0.1) is 16.7 Å². The second-order valence-electron chi connectivity index (χ2n) is 6.64. The normalized spacial score (nSPS) is 11.2. The number of hydrogen-bond acceptors (Lipinski definition) is 4. The molecule has 0 spiro atoms. The number of carbonyl (C=O) groups is 1. The Hall–Kier alpha value is -2.34. The summed E-state index contributed by atoms with van der Waals surface area (Å²) in [5, 5.41) is 3.25. The molecule has 0 aliphatic carbocycles. The Bertz CT molecular complexity index is 1020. The predicted molar refractivity (Wildman–Crippen MR) is 112 cm³/mol. The van der Waals surface area contributed by atoms with E-state index in [0.29, 0.717) is 21.8 Å². The average molecular weight is 384 g/mol. The summed E-state index contributed by atoms with van der Waals surface area (Å²) >= 11 is 1.33. The number of thioether (sulfide) groups is 1. The quantitative estimate of drug-likeness (QED) is 0.353. The smallest absolute Gasteiger partial charge is 0.261 e. The maximum atomic E-state index is 12.8. The highest BCUT2D eigenvalue weighted by atomic mass is 32.2. The van der Waals surface area contributed by atoms with E-state index in [9.17, 15) is 9.59 Å². The molecule has 0 N–H and O–H groups in total. The zero-order valence-electron chi connectivity index (χ0n) is 16.1. The lowest BCUT2D eigenvalue weighted by Gasteiger charge is -2.21. The first-order valence-corrected chi connectivity index (χ1v) is 10.3. The van der Waals surface area contributed by atoms with E-state index in [0.717, 1.165) is 36.7 Å². The van der Waals surface area contributed by atoms with Gasteiger partial charge in [0.25, 0.3) is 5.56 Å². The third-order valence-corrected chi connectivity index (χ3v) is 5.58. The highest BCUT2D eigenvalue weighted by Gasteiger charge is 2.15. The summed E-state index contributed by atoms with van der Waals surface area (Å²) in [6.45, 7) is 5.68. The van der Waals surface area contributed by atoms with Gasteiger partial charge in [0.15, 0.2) is 5.16 Å². The molecule has 3 aromatic rings. The van der Waals surface area contributed by atoms with Gasteiger partial charge in [0.2, 0.25) is 5.91 Å². The van der Waals surface area contributed by atoms with Crippen LogP contribution in [0.3, 0.4) is 0 Å². The molecule has 0 fully saturated rings. The van der Waals surface area contributed by atoms with E-state index in [1.54, 1.807) is 11.6 Å². The molecule has 0 radical (unpaired) electrons. The van der Waals surface area contributed by atoms with E-state index < -0.39 is 0 Å². The first-order chi connectivity index (χ1) is 13.0. The van der Waals surface area contributed by atoms with Crippen molar-refractivity contribution in [2.45, 2.75) is 31.8 Å². The first kappa shape index (κ1) is 19.4. The Balaban J connectivity index is 1.90. The van der Waals surface area contributed by atoms with Gasteiger partial charge in [0.1, 0.15) is 0 Å². The number of nitrogens with zero attached hydrogens (tertiary/aromatic N) is 3. The summed E-state index contributed by atoms with van der Waals surface area (Å²) in [5.74, 6) is 0.385. The summed E-state index contributed by atoms with van der Waals surface area (Å²) in [6.07, 6.45) is 1.88. The van der Waals surface area contributed by atoms with E-state index in [1.165, 1.54) is 11.8 Å². The minimum Gasteiger partial charge on any atom is -0.342 e. The molecule has 3 rings (SSSR count). The van der Waals surface area contributed by atoms with Crippen LogP contribution in [-0.2, 0) is 11.8 Å². The molecular formula is C21H25N3O2S. The van der Waals surface area contributed by atoms with Gasteiger partial charge in [-0.25, -0.2) is 4.98 Å². The van der Waals surface area contributed by atoms with Gasteiger partial charge in [-0.1, -0.05) is 49.9 Å². The molecule has 0 unspecified atom stereocenters. The lowest BCUT2D eigenvalue weighted by molar-refractivity contribution is -0.128. The molecule has 6 heteroatoms. The van der Waals surface area contributed by atoms with Crippen LogP contribution in [0.15, 0.2) is 46.3 Å². The molecule has 142 valence electrons. The van der Waals surface area contributed by atoms with Gasteiger partial charge in [-0.05, 0) is 35.7 Å². The lowest BCUT2D eigenvalue weighted by atomic mass is 10.1. The van der Waals surface area contributed by atoms with Crippen molar-refractivity contribution in [1.82, 2.24) is 14.5 Å².